The molecule has 0 saturated heterocycles. The molecule has 0 aliphatic carbocycles. The van der Waals surface area contributed by atoms with Gasteiger partial charge >= 0.3 is 0 Å². The van der Waals surface area contributed by atoms with Crippen molar-refractivity contribution in [2.75, 3.05) is 31.5 Å². The Morgan fingerprint density at radius 1 is 0.773 bits per heavy atom. The zero-order chi connectivity index (χ0) is 30.4. The zero-order valence-electron chi connectivity index (χ0n) is 24.6. The molecule has 0 radical (unpaired) electrons. The monoisotopic (exact) mass is 604 g/mol. The molecule has 220 valence electrons. The smallest absolute Gasteiger partial charge is 0.179 e. The molecular formula is C34H29ClN6O3. The van der Waals surface area contributed by atoms with Crippen LogP contribution in [-0.2, 0) is 0 Å². The van der Waals surface area contributed by atoms with E-state index in [0.717, 1.165) is 45.4 Å². The van der Waals surface area contributed by atoms with Crippen LogP contribution < -0.4 is 24.4 Å². The number of amidine groups is 2. The molecule has 1 atom stereocenters. The molecule has 5 aromatic rings. The molecule has 0 unspecified atom stereocenters. The van der Waals surface area contributed by atoms with Crippen LogP contribution in [-0.4, -0.2) is 42.8 Å². The summed E-state index contributed by atoms with van der Waals surface area (Å²) in [6.07, 6.45) is 0. The Morgan fingerprint density at radius 3 is 2.25 bits per heavy atom. The summed E-state index contributed by atoms with van der Waals surface area (Å²) >= 11 is 6.50. The Bertz CT molecular complexity index is 1950. The third kappa shape index (κ3) is 4.53. The minimum atomic E-state index is -0.317. The first-order valence-electron chi connectivity index (χ1n) is 14.0. The van der Waals surface area contributed by atoms with Gasteiger partial charge in [-0.05, 0) is 67.1 Å². The number of halogens is 1. The Labute approximate surface area is 260 Å². The van der Waals surface area contributed by atoms with E-state index >= 15 is 0 Å². The van der Waals surface area contributed by atoms with Crippen molar-refractivity contribution in [3.63, 3.8) is 0 Å². The molecule has 10 heteroatoms. The SMILES string of the molecule is COc1ccc(NC2=Nc3ccccc3N3C2=Nc2c(c(C)nn2-c2ccccc2)[C@H]3c2ccc(OC)c(OC)c2)cc1Cl. The lowest BCUT2D eigenvalue weighted by Gasteiger charge is -2.40. The van der Waals surface area contributed by atoms with Crippen LogP contribution in [0.4, 0.5) is 22.9 Å². The number of benzene rings is 4. The molecule has 0 amide bonds. The van der Waals surface area contributed by atoms with Crippen molar-refractivity contribution in [3.8, 4) is 22.9 Å². The number of hydrogen-bond acceptors (Lipinski definition) is 8. The molecule has 3 heterocycles. The summed E-state index contributed by atoms with van der Waals surface area (Å²) in [5, 5.41) is 8.98. The van der Waals surface area contributed by atoms with Crippen LogP contribution in [0.3, 0.4) is 0 Å². The van der Waals surface area contributed by atoms with E-state index in [2.05, 4.69) is 22.3 Å². The number of aromatic nitrogens is 2. The molecule has 0 saturated carbocycles. The van der Waals surface area contributed by atoms with Crippen LogP contribution in [0.2, 0.25) is 5.02 Å². The first kappa shape index (κ1) is 27.5. The minimum absolute atomic E-state index is 0.317. The van der Waals surface area contributed by atoms with Gasteiger partial charge in [0.1, 0.15) is 5.75 Å². The lowest BCUT2D eigenvalue weighted by molar-refractivity contribution is 0.354. The number of aliphatic imine (C=N–C) groups is 2. The summed E-state index contributed by atoms with van der Waals surface area (Å²) in [6, 6.07) is 29.3. The average Bonchev–Trinajstić information content (AvgIpc) is 3.39. The van der Waals surface area contributed by atoms with E-state index in [1.165, 1.54) is 0 Å². The highest BCUT2D eigenvalue weighted by Gasteiger charge is 2.41. The van der Waals surface area contributed by atoms with Gasteiger partial charge in [-0.15, -0.1) is 0 Å². The number of hydrogen-bond donors (Lipinski definition) is 1. The van der Waals surface area contributed by atoms with Crippen molar-refractivity contribution < 1.29 is 14.2 Å². The van der Waals surface area contributed by atoms with Gasteiger partial charge in [0.05, 0.1) is 55.1 Å². The van der Waals surface area contributed by atoms with Gasteiger partial charge in [-0.2, -0.15) is 5.10 Å². The van der Waals surface area contributed by atoms with E-state index in [4.69, 9.17) is 40.9 Å². The number of fused-ring (bicyclic) bond motifs is 4. The second-order valence-electron chi connectivity index (χ2n) is 10.3. The maximum atomic E-state index is 6.50. The Hall–Kier alpha value is -5.28. The van der Waals surface area contributed by atoms with E-state index in [0.29, 0.717) is 33.9 Å². The third-order valence-corrected chi connectivity index (χ3v) is 8.07. The van der Waals surface area contributed by atoms with Crippen molar-refractivity contribution in [2.24, 2.45) is 9.98 Å². The van der Waals surface area contributed by atoms with Gasteiger partial charge in [0.25, 0.3) is 0 Å². The number of nitrogens with one attached hydrogen (secondary N) is 1. The molecule has 7 rings (SSSR count). The maximum Gasteiger partial charge on any atom is 0.179 e. The minimum Gasteiger partial charge on any atom is -0.495 e. The molecule has 0 fully saturated rings. The predicted molar refractivity (Wildman–Crippen MR) is 174 cm³/mol. The molecular weight excluding hydrogens is 576 g/mol. The van der Waals surface area contributed by atoms with Crippen molar-refractivity contribution in [3.05, 3.63) is 113 Å². The van der Waals surface area contributed by atoms with Crippen molar-refractivity contribution >= 4 is 46.2 Å². The number of methoxy groups -OCH3 is 3. The summed E-state index contributed by atoms with van der Waals surface area (Å²) < 4.78 is 18.6. The zero-order valence-corrected chi connectivity index (χ0v) is 25.3. The van der Waals surface area contributed by atoms with Crippen LogP contribution in [0.15, 0.2) is 101 Å². The van der Waals surface area contributed by atoms with Crippen LogP contribution in [0, 0.1) is 6.92 Å². The second kappa shape index (κ2) is 11.1. The second-order valence-corrected chi connectivity index (χ2v) is 10.7. The molecule has 0 bridgehead atoms. The largest absolute Gasteiger partial charge is 0.495 e. The van der Waals surface area contributed by atoms with Gasteiger partial charge < -0.3 is 24.4 Å². The Balaban J connectivity index is 1.48. The number of para-hydroxylation sites is 3. The van der Waals surface area contributed by atoms with E-state index in [-0.39, 0.29) is 6.04 Å². The highest BCUT2D eigenvalue weighted by Crippen LogP contribution is 2.49. The number of aryl methyl sites for hydroxylation is 1. The normalized spacial score (nSPS) is 14.9. The summed E-state index contributed by atoms with van der Waals surface area (Å²) in [5.74, 6) is 3.80. The van der Waals surface area contributed by atoms with Gasteiger partial charge in [-0.3, -0.25) is 0 Å². The standard InChI is InChI=1S/C34H29ClN6O3/c1-20-30-31(21-14-16-28(43-3)29(18-21)44-4)40-26-13-9-8-12-25(26)37-32(36-22-15-17-27(42-2)24(35)19-22)34(40)38-33(30)41(39-20)23-10-6-5-7-11-23/h5-19,31H,1-4H3,(H,36,37)/t31-/m1/s1. The van der Waals surface area contributed by atoms with Crippen molar-refractivity contribution in [2.45, 2.75) is 13.0 Å². The van der Waals surface area contributed by atoms with Gasteiger partial charge in [0.15, 0.2) is 29.0 Å². The summed E-state index contributed by atoms with van der Waals surface area (Å²) in [7, 11) is 4.87. The van der Waals surface area contributed by atoms with E-state index in [9.17, 15) is 0 Å². The van der Waals surface area contributed by atoms with E-state index in [1.807, 2.05) is 90.5 Å². The molecule has 4 aromatic carbocycles. The van der Waals surface area contributed by atoms with Crippen molar-refractivity contribution in [1.82, 2.24) is 9.78 Å². The molecule has 1 N–H and O–H groups in total. The van der Waals surface area contributed by atoms with Crippen LogP contribution >= 0.6 is 11.6 Å². The summed E-state index contributed by atoms with van der Waals surface area (Å²) in [6.45, 7) is 2.02. The highest BCUT2D eigenvalue weighted by atomic mass is 35.5. The van der Waals surface area contributed by atoms with Gasteiger partial charge in [0.2, 0.25) is 0 Å². The van der Waals surface area contributed by atoms with Crippen LogP contribution in [0.1, 0.15) is 22.9 Å². The number of rotatable bonds is 6. The fraction of sp³-hybridized carbons (Fsp3) is 0.147. The van der Waals surface area contributed by atoms with Crippen LogP contribution in [0.5, 0.6) is 17.2 Å². The number of ether oxygens (including phenoxy) is 3. The Morgan fingerprint density at radius 2 is 1.50 bits per heavy atom. The summed E-state index contributed by atoms with van der Waals surface area (Å²) in [4.78, 5) is 12.6. The molecule has 2 aliphatic rings. The van der Waals surface area contributed by atoms with Gasteiger partial charge in [0, 0.05) is 11.3 Å². The van der Waals surface area contributed by atoms with Gasteiger partial charge in [-0.25, -0.2) is 14.7 Å². The number of anilines is 2. The molecule has 1 aromatic heterocycles. The molecule has 2 aliphatic heterocycles. The number of nitrogens with zero attached hydrogens (tertiary/aromatic N) is 5. The van der Waals surface area contributed by atoms with Crippen LogP contribution in [0.25, 0.3) is 5.69 Å². The molecule has 9 nitrogen and oxygen atoms in total. The first-order chi connectivity index (χ1) is 21.5. The quantitative estimate of drug-likeness (QED) is 0.214. The Kier molecular flexibility index (Phi) is 6.94. The highest BCUT2D eigenvalue weighted by molar-refractivity contribution is 6.51. The van der Waals surface area contributed by atoms with Crippen molar-refractivity contribution in [1.29, 1.82) is 0 Å². The van der Waals surface area contributed by atoms with Gasteiger partial charge in [-0.1, -0.05) is 48.0 Å². The summed E-state index contributed by atoms with van der Waals surface area (Å²) in [5.41, 5.74) is 6.20. The molecule has 44 heavy (non-hydrogen) atoms. The van der Waals surface area contributed by atoms with E-state index < -0.39 is 0 Å². The lowest BCUT2D eigenvalue weighted by Crippen LogP contribution is -2.46. The third-order valence-electron chi connectivity index (χ3n) is 7.78. The fourth-order valence-electron chi connectivity index (χ4n) is 5.77. The fourth-order valence-corrected chi connectivity index (χ4v) is 6.02. The topological polar surface area (TPSA) is 85.5 Å². The predicted octanol–water partition coefficient (Wildman–Crippen LogP) is 7.66. The van der Waals surface area contributed by atoms with E-state index in [1.54, 1.807) is 21.3 Å². The average molecular weight is 605 g/mol. The maximum absolute atomic E-state index is 6.50. The molecule has 0 spiro atoms. The first-order valence-corrected chi connectivity index (χ1v) is 14.4. The lowest BCUT2D eigenvalue weighted by atomic mass is 9.93.